The molecule has 1 aromatic carbocycles. The van der Waals surface area contributed by atoms with Crippen molar-refractivity contribution in [2.24, 2.45) is 7.05 Å². The van der Waals surface area contributed by atoms with Crippen LogP contribution in [0.2, 0.25) is 5.02 Å². The lowest BCUT2D eigenvalue weighted by Crippen LogP contribution is -2.30. The highest BCUT2D eigenvalue weighted by Gasteiger charge is 2.25. The van der Waals surface area contributed by atoms with Crippen LogP contribution < -0.4 is 10.1 Å². The molecular weight excluding hydrogens is 440 g/mol. The van der Waals surface area contributed by atoms with Gasteiger partial charge in [0.25, 0.3) is 5.91 Å². The Bertz CT molecular complexity index is 1160. The molecule has 3 rings (SSSR count). The first-order valence-corrected chi connectivity index (χ1v) is 11.4. The Morgan fingerprint density at radius 1 is 1.16 bits per heavy atom. The molecule has 31 heavy (non-hydrogen) atoms. The van der Waals surface area contributed by atoms with Gasteiger partial charge in [0.05, 0.1) is 11.9 Å². The lowest BCUT2D eigenvalue weighted by atomic mass is 10.3. The molecule has 0 aliphatic carbocycles. The number of rotatable bonds is 8. The molecule has 0 aliphatic heterocycles. The topological polar surface area (TPSA) is 93.5 Å². The highest BCUT2D eigenvalue weighted by molar-refractivity contribution is 7.89. The fourth-order valence-electron chi connectivity index (χ4n) is 2.95. The van der Waals surface area contributed by atoms with E-state index in [1.807, 2.05) is 0 Å². The van der Waals surface area contributed by atoms with Crippen LogP contribution in [0.5, 0.6) is 11.6 Å². The van der Waals surface area contributed by atoms with Gasteiger partial charge in [-0.1, -0.05) is 25.4 Å². The number of ether oxygens (including phenoxy) is 1. The predicted molar refractivity (Wildman–Crippen MR) is 119 cm³/mol. The van der Waals surface area contributed by atoms with E-state index in [0.29, 0.717) is 35.4 Å². The first-order chi connectivity index (χ1) is 14.7. The van der Waals surface area contributed by atoms with Crippen LogP contribution in [0.25, 0.3) is 0 Å². The SMILES string of the molecule is CCN(CC)S(=O)(=O)c1cc(C(=O)Nc2ccc(Oc3ccc(Cl)cc3)nc2)n(C)c1. The van der Waals surface area contributed by atoms with Crippen molar-refractivity contribution >= 4 is 33.2 Å². The summed E-state index contributed by atoms with van der Waals surface area (Å²) in [5.41, 5.74) is 0.662. The molecule has 1 N–H and O–H groups in total. The standard InChI is InChI=1S/C21H23ClN4O4S/c1-4-26(5-2)31(28,29)18-12-19(25(3)14-18)21(27)24-16-8-11-20(23-13-16)30-17-9-6-15(22)7-10-17/h6-14H,4-5H2,1-3H3,(H,24,27). The van der Waals surface area contributed by atoms with Crippen LogP contribution in [0.1, 0.15) is 24.3 Å². The predicted octanol–water partition coefficient (Wildman–Crippen LogP) is 4.15. The van der Waals surface area contributed by atoms with Crippen molar-refractivity contribution in [3.63, 3.8) is 0 Å². The highest BCUT2D eigenvalue weighted by Crippen LogP contribution is 2.23. The second-order valence-electron chi connectivity index (χ2n) is 6.66. The van der Waals surface area contributed by atoms with Crippen LogP contribution in [0.15, 0.2) is 59.8 Å². The van der Waals surface area contributed by atoms with Crippen LogP contribution >= 0.6 is 11.6 Å². The molecule has 3 aromatic rings. The third-order valence-corrected chi connectivity index (χ3v) is 6.85. The van der Waals surface area contributed by atoms with Gasteiger partial charge < -0.3 is 14.6 Å². The number of pyridine rings is 1. The molecule has 0 spiro atoms. The van der Waals surface area contributed by atoms with Gasteiger partial charge >= 0.3 is 0 Å². The summed E-state index contributed by atoms with van der Waals surface area (Å²) < 4.78 is 33.8. The van der Waals surface area contributed by atoms with Gasteiger partial charge in [-0.2, -0.15) is 4.31 Å². The van der Waals surface area contributed by atoms with Crippen molar-refractivity contribution in [2.45, 2.75) is 18.7 Å². The largest absolute Gasteiger partial charge is 0.439 e. The fourth-order valence-corrected chi connectivity index (χ4v) is 4.60. The number of anilines is 1. The van der Waals surface area contributed by atoms with Gasteiger partial charge in [0.1, 0.15) is 16.3 Å². The number of aryl methyl sites for hydroxylation is 1. The van der Waals surface area contributed by atoms with E-state index < -0.39 is 15.9 Å². The Morgan fingerprint density at radius 3 is 2.42 bits per heavy atom. The molecule has 0 saturated heterocycles. The van der Waals surface area contributed by atoms with Gasteiger partial charge in [-0.15, -0.1) is 0 Å². The van der Waals surface area contributed by atoms with Crippen LogP contribution in [-0.2, 0) is 17.1 Å². The molecule has 0 saturated carbocycles. The Kier molecular flexibility index (Phi) is 6.99. The third kappa shape index (κ3) is 5.25. The first-order valence-electron chi connectivity index (χ1n) is 9.62. The molecular formula is C21H23ClN4O4S. The zero-order valence-electron chi connectivity index (χ0n) is 17.4. The van der Waals surface area contributed by atoms with E-state index in [1.165, 1.54) is 27.3 Å². The molecule has 10 heteroatoms. The summed E-state index contributed by atoms with van der Waals surface area (Å²) in [7, 11) is -2.03. The van der Waals surface area contributed by atoms with E-state index in [1.54, 1.807) is 57.3 Å². The molecule has 0 aliphatic rings. The van der Waals surface area contributed by atoms with E-state index in [4.69, 9.17) is 16.3 Å². The second-order valence-corrected chi connectivity index (χ2v) is 9.03. The quantitative estimate of drug-likeness (QED) is 0.542. The number of hydrogen-bond donors (Lipinski definition) is 1. The van der Waals surface area contributed by atoms with Crippen molar-refractivity contribution in [2.75, 3.05) is 18.4 Å². The van der Waals surface area contributed by atoms with Crippen LogP contribution in [0.4, 0.5) is 5.69 Å². The number of benzene rings is 1. The smallest absolute Gasteiger partial charge is 0.272 e. The number of halogens is 1. The summed E-state index contributed by atoms with van der Waals surface area (Å²) in [4.78, 5) is 16.9. The summed E-state index contributed by atoms with van der Waals surface area (Å²) in [5.74, 6) is 0.489. The summed E-state index contributed by atoms with van der Waals surface area (Å²) in [6.45, 7) is 4.24. The molecule has 0 fully saturated rings. The van der Waals surface area contributed by atoms with Gasteiger partial charge in [0, 0.05) is 37.4 Å². The van der Waals surface area contributed by atoms with E-state index >= 15 is 0 Å². The highest BCUT2D eigenvalue weighted by atomic mass is 35.5. The maximum atomic E-state index is 12.7. The fraction of sp³-hybridized carbons (Fsp3) is 0.238. The lowest BCUT2D eigenvalue weighted by molar-refractivity contribution is 0.101. The normalized spacial score (nSPS) is 11.5. The van der Waals surface area contributed by atoms with Crippen molar-refractivity contribution in [1.82, 2.24) is 13.9 Å². The maximum absolute atomic E-state index is 12.7. The number of carbonyl (C=O) groups is 1. The number of nitrogens with zero attached hydrogens (tertiary/aromatic N) is 3. The molecule has 0 radical (unpaired) electrons. The van der Waals surface area contributed by atoms with Crippen LogP contribution in [0, 0.1) is 0 Å². The molecule has 2 aromatic heterocycles. The average molecular weight is 463 g/mol. The number of nitrogens with one attached hydrogen (secondary N) is 1. The molecule has 0 atom stereocenters. The van der Waals surface area contributed by atoms with Crippen LogP contribution in [-0.4, -0.2) is 41.3 Å². The van der Waals surface area contributed by atoms with Crippen molar-refractivity contribution in [3.05, 3.63) is 65.6 Å². The number of amides is 1. The van der Waals surface area contributed by atoms with Crippen molar-refractivity contribution in [1.29, 1.82) is 0 Å². The molecule has 8 nitrogen and oxygen atoms in total. The molecule has 2 heterocycles. The summed E-state index contributed by atoms with van der Waals surface area (Å²) in [6, 6.07) is 11.5. The van der Waals surface area contributed by atoms with Crippen LogP contribution in [0.3, 0.4) is 0 Å². The Balaban J connectivity index is 1.71. The molecule has 1 amide bonds. The number of carbonyl (C=O) groups excluding carboxylic acids is 1. The van der Waals surface area contributed by atoms with Gasteiger partial charge in [-0.3, -0.25) is 4.79 Å². The third-order valence-electron chi connectivity index (χ3n) is 4.59. The Labute approximate surface area is 186 Å². The summed E-state index contributed by atoms with van der Waals surface area (Å²) in [5, 5.41) is 3.32. The van der Waals surface area contributed by atoms with Crippen molar-refractivity contribution in [3.8, 4) is 11.6 Å². The molecule has 0 bridgehead atoms. The molecule has 0 unspecified atom stereocenters. The van der Waals surface area contributed by atoms with Gasteiger partial charge in [-0.05, 0) is 36.4 Å². The zero-order chi connectivity index (χ0) is 22.6. The second kappa shape index (κ2) is 9.51. The average Bonchev–Trinajstić information content (AvgIpc) is 3.14. The maximum Gasteiger partial charge on any atom is 0.272 e. The lowest BCUT2D eigenvalue weighted by Gasteiger charge is -2.17. The minimum absolute atomic E-state index is 0.0775. The van der Waals surface area contributed by atoms with Gasteiger partial charge in [0.15, 0.2) is 0 Å². The Morgan fingerprint density at radius 2 is 1.84 bits per heavy atom. The summed E-state index contributed by atoms with van der Waals surface area (Å²) >= 11 is 5.85. The van der Waals surface area contributed by atoms with Gasteiger partial charge in [0.2, 0.25) is 15.9 Å². The monoisotopic (exact) mass is 462 g/mol. The molecule has 164 valence electrons. The minimum atomic E-state index is -3.65. The number of aromatic nitrogens is 2. The van der Waals surface area contributed by atoms with E-state index in [0.717, 1.165) is 0 Å². The number of hydrogen-bond acceptors (Lipinski definition) is 5. The zero-order valence-corrected chi connectivity index (χ0v) is 18.9. The van der Waals surface area contributed by atoms with E-state index in [9.17, 15) is 13.2 Å². The minimum Gasteiger partial charge on any atom is -0.439 e. The van der Waals surface area contributed by atoms with Gasteiger partial charge in [-0.25, -0.2) is 13.4 Å². The Hall–Kier alpha value is -2.88. The van der Waals surface area contributed by atoms with E-state index in [-0.39, 0.29) is 10.6 Å². The van der Waals surface area contributed by atoms with Crippen molar-refractivity contribution < 1.29 is 17.9 Å². The summed E-state index contributed by atoms with van der Waals surface area (Å²) in [6.07, 6.45) is 2.89. The number of sulfonamides is 1. The first kappa shape index (κ1) is 22.8. The van der Waals surface area contributed by atoms with E-state index in [2.05, 4.69) is 10.3 Å².